The van der Waals surface area contributed by atoms with Gasteiger partial charge in [0.05, 0.1) is 23.5 Å². The maximum atomic E-state index is 6.59. The maximum Gasteiger partial charge on any atom is 0.112 e. The Labute approximate surface area is 142 Å². The summed E-state index contributed by atoms with van der Waals surface area (Å²) in [6.07, 6.45) is 11.8. The molecule has 0 saturated carbocycles. The van der Waals surface area contributed by atoms with Crippen LogP contribution in [-0.2, 0) is 0 Å². The van der Waals surface area contributed by atoms with E-state index in [1.807, 2.05) is 12.1 Å². The third kappa shape index (κ3) is 5.74. The summed E-state index contributed by atoms with van der Waals surface area (Å²) in [5.41, 5.74) is 0. The lowest BCUT2D eigenvalue weighted by Gasteiger charge is -2.28. The molecule has 0 fully saturated rings. The van der Waals surface area contributed by atoms with E-state index in [0.29, 0.717) is 0 Å². The third-order valence-electron chi connectivity index (χ3n) is 4.24. The highest BCUT2D eigenvalue weighted by Crippen LogP contribution is 2.60. The van der Waals surface area contributed by atoms with Crippen molar-refractivity contribution in [3.63, 3.8) is 0 Å². The van der Waals surface area contributed by atoms with E-state index in [0.717, 1.165) is 10.0 Å². The molecule has 120 valence electrons. The van der Waals surface area contributed by atoms with Gasteiger partial charge in [0.2, 0.25) is 0 Å². The van der Waals surface area contributed by atoms with Crippen LogP contribution in [-0.4, -0.2) is 18.5 Å². The highest BCUT2D eigenvalue weighted by molar-refractivity contribution is 7.83. The van der Waals surface area contributed by atoms with E-state index in [1.165, 1.54) is 62.3 Å². The zero-order valence-electron chi connectivity index (χ0n) is 13.8. The molecule has 0 radical (unpaired) electrons. The van der Waals surface area contributed by atoms with Crippen LogP contribution < -0.4 is 5.30 Å². The molecule has 0 aromatic heterocycles. The van der Waals surface area contributed by atoms with Crippen LogP contribution in [0, 0.1) is 0 Å². The molecule has 0 unspecified atom stereocenters. The van der Waals surface area contributed by atoms with Gasteiger partial charge in [-0.25, -0.2) is 0 Å². The van der Waals surface area contributed by atoms with Gasteiger partial charge in [0.15, 0.2) is 0 Å². The van der Waals surface area contributed by atoms with Crippen molar-refractivity contribution in [2.24, 2.45) is 0 Å². The summed E-state index contributed by atoms with van der Waals surface area (Å²) in [5.74, 6) is 0. The lowest BCUT2D eigenvalue weighted by Crippen LogP contribution is -2.22. The number of unbranched alkanes of at least 4 members (excludes halogenated alkanes) is 3. The minimum atomic E-state index is -1.15. The molecule has 0 nitrogen and oxygen atoms in total. The van der Waals surface area contributed by atoms with Gasteiger partial charge in [-0.3, -0.25) is 0 Å². The van der Waals surface area contributed by atoms with Gasteiger partial charge in [-0.1, -0.05) is 63.2 Å². The average Bonchev–Trinajstić information content (AvgIpc) is 2.47. The monoisotopic (exact) mass is 347 g/mol. The number of benzene rings is 1. The lowest BCUT2D eigenvalue weighted by molar-refractivity contribution is 0.841. The second kappa shape index (κ2) is 10.1. The van der Waals surface area contributed by atoms with Crippen molar-refractivity contribution >= 4 is 35.8 Å². The summed E-state index contributed by atoms with van der Waals surface area (Å²) < 4.78 is 0. The Balaban J connectivity index is 3.15. The standard InChI is InChI=1S/C18H30Cl2P/c1-4-7-12-21(13-8-5-2,14-9-6-3)18-11-10-16(19)15-17(18)20/h10-11,15H,4-9,12-14H2,1-3H3/q+1. The van der Waals surface area contributed by atoms with Gasteiger partial charge in [0.25, 0.3) is 0 Å². The molecule has 0 aliphatic heterocycles. The summed E-state index contributed by atoms with van der Waals surface area (Å²) in [4.78, 5) is 0. The van der Waals surface area contributed by atoms with Crippen LogP contribution in [0.25, 0.3) is 0 Å². The average molecular weight is 348 g/mol. The van der Waals surface area contributed by atoms with E-state index in [1.54, 1.807) is 0 Å². The summed E-state index contributed by atoms with van der Waals surface area (Å²) in [7, 11) is -1.15. The zero-order valence-corrected chi connectivity index (χ0v) is 16.2. The van der Waals surface area contributed by atoms with E-state index >= 15 is 0 Å². The fourth-order valence-electron chi connectivity index (χ4n) is 2.95. The van der Waals surface area contributed by atoms with Gasteiger partial charge in [0, 0.05) is 12.3 Å². The first kappa shape index (κ1) is 19.3. The first-order valence-electron chi connectivity index (χ1n) is 8.41. The fourth-order valence-corrected chi connectivity index (χ4v) is 8.96. The van der Waals surface area contributed by atoms with Crippen LogP contribution in [0.5, 0.6) is 0 Å². The zero-order chi connectivity index (χ0) is 15.7. The van der Waals surface area contributed by atoms with Gasteiger partial charge >= 0.3 is 0 Å². The lowest BCUT2D eigenvalue weighted by atomic mass is 10.3. The van der Waals surface area contributed by atoms with Crippen molar-refractivity contribution < 1.29 is 0 Å². The van der Waals surface area contributed by atoms with Crippen molar-refractivity contribution in [2.45, 2.75) is 59.3 Å². The number of halogens is 2. The van der Waals surface area contributed by atoms with Crippen LogP contribution in [0.2, 0.25) is 10.0 Å². The second-order valence-corrected chi connectivity index (χ2v) is 10.9. The van der Waals surface area contributed by atoms with Gasteiger partial charge < -0.3 is 0 Å². The molecule has 21 heavy (non-hydrogen) atoms. The van der Waals surface area contributed by atoms with Crippen molar-refractivity contribution in [3.8, 4) is 0 Å². The molecule has 0 aliphatic carbocycles. The Bertz CT molecular complexity index is 396. The molecule has 0 atom stereocenters. The van der Waals surface area contributed by atoms with E-state index in [2.05, 4.69) is 26.8 Å². The van der Waals surface area contributed by atoms with E-state index in [-0.39, 0.29) is 0 Å². The summed E-state index contributed by atoms with van der Waals surface area (Å²) in [6, 6.07) is 6.19. The van der Waals surface area contributed by atoms with Gasteiger partial charge in [-0.05, 0) is 37.5 Å². The molecule has 0 amide bonds. The summed E-state index contributed by atoms with van der Waals surface area (Å²) >= 11 is 12.7. The molecule has 0 spiro atoms. The molecular weight excluding hydrogens is 318 g/mol. The van der Waals surface area contributed by atoms with Crippen LogP contribution in [0.3, 0.4) is 0 Å². The van der Waals surface area contributed by atoms with E-state index in [9.17, 15) is 0 Å². The Morgan fingerprint density at radius 3 is 1.67 bits per heavy atom. The number of rotatable bonds is 10. The Morgan fingerprint density at radius 1 is 0.810 bits per heavy atom. The molecule has 1 aromatic carbocycles. The summed E-state index contributed by atoms with van der Waals surface area (Å²) in [5, 5.41) is 3.09. The second-order valence-electron chi connectivity index (χ2n) is 5.97. The highest BCUT2D eigenvalue weighted by atomic mass is 35.5. The fraction of sp³-hybridized carbons (Fsp3) is 0.667. The van der Waals surface area contributed by atoms with Gasteiger partial charge in [-0.2, -0.15) is 0 Å². The largest absolute Gasteiger partial charge is 0.112 e. The Kier molecular flexibility index (Phi) is 9.26. The minimum Gasteiger partial charge on any atom is -0.0843 e. The minimum absolute atomic E-state index is 0.753. The highest BCUT2D eigenvalue weighted by Gasteiger charge is 2.39. The van der Waals surface area contributed by atoms with E-state index < -0.39 is 7.26 Å². The SMILES string of the molecule is CCCC[P+](CCCC)(CCCC)c1ccc(Cl)cc1Cl. The Morgan fingerprint density at radius 2 is 1.29 bits per heavy atom. The predicted octanol–water partition coefficient (Wildman–Crippen LogP) is 7.04. The van der Waals surface area contributed by atoms with Gasteiger partial charge in [-0.15, -0.1) is 0 Å². The quantitative estimate of drug-likeness (QED) is 0.398. The molecule has 3 heteroatoms. The normalized spacial score (nSPS) is 11.9. The van der Waals surface area contributed by atoms with E-state index in [4.69, 9.17) is 23.2 Å². The van der Waals surface area contributed by atoms with Crippen molar-refractivity contribution in [2.75, 3.05) is 18.5 Å². The molecule has 0 saturated heterocycles. The van der Waals surface area contributed by atoms with Gasteiger partial charge in [0.1, 0.15) is 5.30 Å². The van der Waals surface area contributed by atoms with Crippen LogP contribution in [0.15, 0.2) is 18.2 Å². The van der Waals surface area contributed by atoms with Crippen molar-refractivity contribution in [1.82, 2.24) is 0 Å². The van der Waals surface area contributed by atoms with Crippen molar-refractivity contribution in [3.05, 3.63) is 28.2 Å². The number of hydrogen-bond donors (Lipinski definition) is 0. The third-order valence-corrected chi connectivity index (χ3v) is 9.85. The molecule has 0 heterocycles. The molecule has 1 rings (SSSR count). The first-order chi connectivity index (χ1) is 10.1. The molecule has 0 aliphatic rings. The topological polar surface area (TPSA) is 0 Å². The van der Waals surface area contributed by atoms with Crippen LogP contribution >= 0.6 is 30.5 Å². The molecular formula is C18H30Cl2P+. The predicted molar refractivity (Wildman–Crippen MR) is 102 cm³/mol. The first-order valence-corrected chi connectivity index (χ1v) is 11.5. The van der Waals surface area contributed by atoms with Crippen LogP contribution in [0.4, 0.5) is 0 Å². The number of hydrogen-bond acceptors (Lipinski definition) is 0. The molecule has 1 aromatic rings. The smallest absolute Gasteiger partial charge is 0.0843 e. The maximum absolute atomic E-state index is 6.59. The Hall–Kier alpha value is 0.230. The summed E-state index contributed by atoms with van der Waals surface area (Å²) in [6.45, 7) is 6.87. The molecule has 0 bridgehead atoms. The van der Waals surface area contributed by atoms with Crippen molar-refractivity contribution in [1.29, 1.82) is 0 Å². The molecule has 0 N–H and O–H groups in total. The van der Waals surface area contributed by atoms with Crippen LogP contribution in [0.1, 0.15) is 59.3 Å².